The molecule has 1 aromatic heterocycles. The zero-order valence-corrected chi connectivity index (χ0v) is 10.8. The summed E-state index contributed by atoms with van der Waals surface area (Å²) in [6.07, 6.45) is 2.96. The molecule has 1 aliphatic heterocycles. The molecular formula is C15H15N3O. The number of ether oxygens (including phenoxy) is 1. The molecule has 4 heteroatoms. The summed E-state index contributed by atoms with van der Waals surface area (Å²) in [5, 5.41) is 12.3. The Hall–Kier alpha value is -2.41. The number of hydrogen-bond acceptors (Lipinski definition) is 3. The Morgan fingerprint density at radius 3 is 3.11 bits per heavy atom. The highest BCUT2D eigenvalue weighted by Gasteiger charge is 2.11. The van der Waals surface area contributed by atoms with Crippen LogP contribution in [0, 0.1) is 11.3 Å². The van der Waals surface area contributed by atoms with Gasteiger partial charge in [-0.25, -0.2) is 0 Å². The molecule has 0 aliphatic carbocycles. The SMILES string of the molecule is Cn1cc(CNc2ccc3c(c2)CCO3)cc1C#N. The molecule has 0 saturated heterocycles. The lowest BCUT2D eigenvalue weighted by Crippen LogP contribution is -1.98. The van der Waals surface area contributed by atoms with Gasteiger partial charge in [0.1, 0.15) is 17.5 Å². The Bertz CT molecular complexity index is 652. The van der Waals surface area contributed by atoms with Crippen LogP contribution in [0.2, 0.25) is 0 Å². The lowest BCUT2D eigenvalue weighted by molar-refractivity contribution is 0.357. The summed E-state index contributed by atoms with van der Waals surface area (Å²) in [7, 11) is 1.88. The van der Waals surface area contributed by atoms with Gasteiger partial charge in [0.05, 0.1) is 6.61 Å². The molecule has 0 fully saturated rings. The van der Waals surface area contributed by atoms with Crippen molar-refractivity contribution in [1.82, 2.24) is 4.57 Å². The molecule has 0 saturated carbocycles. The van der Waals surface area contributed by atoms with Crippen molar-refractivity contribution in [3.63, 3.8) is 0 Å². The second-order valence-corrected chi connectivity index (χ2v) is 4.73. The summed E-state index contributed by atoms with van der Waals surface area (Å²) in [6, 6.07) is 10.2. The lowest BCUT2D eigenvalue weighted by Gasteiger charge is -2.06. The molecule has 2 heterocycles. The number of fused-ring (bicyclic) bond motifs is 1. The first kappa shape index (κ1) is 11.7. The molecule has 3 rings (SSSR count). The molecule has 1 aromatic carbocycles. The molecule has 1 N–H and O–H groups in total. The largest absolute Gasteiger partial charge is 0.493 e. The van der Waals surface area contributed by atoms with Crippen molar-refractivity contribution in [2.45, 2.75) is 13.0 Å². The van der Waals surface area contributed by atoms with E-state index >= 15 is 0 Å². The number of benzene rings is 1. The maximum Gasteiger partial charge on any atom is 0.122 e. The maximum absolute atomic E-state index is 8.92. The van der Waals surface area contributed by atoms with Crippen LogP contribution in [0.4, 0.5) is 5.69 Å². The van der Waals surface area contributed by atoms with E-state index < -0.39 is 0 Å². The first-order valence-corrected chi connectivity index (χ1v) is 6.31. The second-order valence-electron chi connectivity index (χ2n) is 4.73. The molecule has 0 radical (unpaired) electrons. The summed E-state index contributed by atoms with van der Waals surface area (Å²) in [6.45, 7) is 1.50. The highest BCUT2D eigenvalue weighted by molar-refractivity contribution is 5.52. The molecule has 4 nitrogen and oxygen atoms in total. The van der Waals surface area contributed by atoms with E-state index in [2.05, 4.69) is 17.5 Å². The topological polar surface area (TPSA) is 50.0 Å². The number of aromatic nitrogens is 1. The molecule has 0 spiro atoms. The molecular weight excluding hydrogens is 238 g/mol. The molecule has 0 amide bonds. The zero-order chi connectivity index (χ0) is 13.2. The monoisotopic (exact) mass is 253 g/mol. The fraction of sp³-hybridized carbons (Fsp3) is 0.267. The first-order chi connectivity index (χ1) is 9.26. The standard InChI is InChI=1S/C15H15N3O/c1-18-10-11(6-14(18)8-16)9-17-13-2-3-15-12(7-13)4-5-19-15/h2-3,6-7,10,17H,4-5,9H2,1H3. The lowest BCUT2D eigenvalue weighted by atomic mass is 10.1. The molecule has 0 unspecified atom stereocenters. The van der Waals surface area contributed by atoms with Crippen LogP contribution < -0.4 is 10.1 Å². The number of rotatable bonds is 3. The van der Waals surface area contributed by atoms with E-state index in [1.807, 2.05) is 36.0 Å². The van der Waals surface area contributed by atoms with Crippen LogP contribution in [-0.4, -0.2) is 11.2 Å². The van der Waals surface area contributed by atoms with Crippen molar-refractivity contribution in [2.75, 3.05) is 11.9 Å². The van der Waals surface area contributed by atoms with Crippen LogP contribution in [-0.2, 0) is 20.0 Å². The Morgan fingerprint density at radius 1 is 1.42 bits per heavy atom. The first-order valence-electron chi connectivity index (χ1n) is 6.31. The Labute approximate surface area is 112 Å². The second kappa shape index (κ2) is 4.69. The van der Waals surface area contributed by atoms with Gasteiger partial charge in [0.25, 0.3) is 0 Å². The number of hydrogen-bond donors (Lipinski definition) is 1. The van der Waals surface area contributed by atoms with Crippen molar-refractivity contribution in [3.8, 4) is 11.8 Å². The third kappa shape index (κ3) is 2.27. The van der Waals surface area contributed by atoms with Gasteiger partial charge < -0.3 is 14.6 Å². The minimum atomic E-state index is 0.680. The molecule has 96 valence electrons. The minimum absolute atomic E-state index is 0.680. The summed E-state index contributed by atoms with van der Waals surface area (Å²) in [4.78, 5) is 0. The van der Waals surface area contributed by atoms with Gasteiger partial charge in [-0.15, -0.1) is 0 Å². The van der Waals surface area contributed by atoms with E-state index in [9.17, 15) is 0 Å². The highest BCUT2D eigenvalue weighted by atomic mass is 16.5. The Kier molecular flexibility index (Phi) is 2.88. The third-order valence-corrected chi connectivity index (χ3v) is 3.36. The van der Waals surface area contributed by atoms with E-state index in [1.54, 1.807) is 0 Å². The number of aryl methyl sites for hydroxylation is 1. The van der Waals surface area contributed by atoms with Crippen molar-refractivity contribution in [1.29, 1.82) is 5.26 Å². The summed E-state index contributed by atoms with van der Waals surface area (Å²) >= 11 is 0. The van der Waals surface area contributed by atoms with Crippen LogP contribution in [0.25, 0.3) is 0 Å². The van der Waals surface area contributed by atoms with E-state index in [0.717, 1.165) is 36.6 Å². The number of nitriles is 1. The summed E-state index contributed by atoms with van der Waals surface area (Å²) in [5.41, 5.74) is 4.14. The van der Waals surface area contributed by atoms with Crippen molar-refractivity contribution in [2.24, 2.45) is 7.05 Å². The average molecular weight is 253 g/mol. The van der Waals surface area contributed by atoms with Crippen LogP contribution in [0.1, 0.15) is 16.8 Å². The number of nitrogens with one attached hydrogen (secondary N) is 1. The molecule has 0 bridgehead atoms. The normalized spacial score (nSPS) is 12.6. The van der Waals surface area contributed by atoms with Crippen molar-refractivity contribution >= 4 is 5.69 Å². The third-order valence-electron chi connectivity index (χ3n) is 3.36. The van der Waals surface area contributed by atoms with Crippen LogP contribution in [0.5, 0.6) is 5.75 Å². The fourth-order valence-electron chi connectivity index (χ4n) is 2.34. The van der Waals surface area contributed by atoms with Gasteiger partial charge in [0.15, 0.2) is 0 Å². The van der Waals surface area contributed by atoms with Gasteiger partial charge in [-0.3, -0.25) is 0 Å². The minimum Gasteiger partial charge on any atom is -0.493 e. The van der Waals surface area contributed by atoms with Gasteiger partial charge in [0.2, 0.25) is 0 Å². The highest BCUT2D eigenvalue weighted by Crippen LogP contribution is 2.28. The van der Waals surface area contributed by atoms with Crippen LogP contribution in [0.3, 0.4) is 0 Å². The van der Waals surface area contributed by atoms with Gasteiger partial charge in [-0.2, -0.15) is 5.26 Å². The predicted molar refractivity (Wildman–Crippen MR) is 73.1 cm³/mol. The molecule has 2 aromatic rings. The van der Waals surface area contributed by atoms with Gasteiger partial charge in [-0.05, 0) is 35.4 Å². The fourth-order valence-corrected chi connectivity index (χ4v) is 2.34. The van der Waals surface area contributed by atoms with Gasteiger partial charge in [0, 0.05) is 31.9 Å². The maximum atomic E-state index is 8.92. The van der Waals surface area contributed by atoms with Gasteiger partial charge in [-0.1, -0.05) is 0 Å². The van der Waals surface area contributed by atoms with Crippen molar-refractivity contribution in [3.05, 3.63) is 47.3 Å². The molecule has 1 aliphatic rings. The summed E-state index contributed by atoms with van der Waals surface area (Å²) < 4.78 is 7.32. The predicted octanol–water partition coefficient (Wildman–Crippen LogP) is 2.44. The van der Waals surface area contributed by atoms with Crippen molar-refractivity contribution < 1.29 is 4.74 Å². The smallest absolute Gasteiger partial charge is 0.122 e. The number of nitrogens with zero attached hydrogens (tertiary/aromatic N) is 2. The average Bonchev–Trinajstić information content (AvgIpc) is 3.01. The Morgan fingerprint density at radius 2 is 2.32 bits per heavy atom. The zero-order valence-electron chi connectivity index (χ0n) is 10.8. The van der Waals surface area contributed by atoms with E-state index in [4.69, 9.17) is 10.00 Å². The van der Waals surface area contributed by atoms with Crippen LogP contribution >= 0.6 is 0 Å². The quantitative estimate of drug-likeness (QED) is 0.914. The Balaban J connectivity index is 1.70. The molecule has 19 heavy (non-hydrogen) atoms. The molecule has 0 atom stereocenters. The van der Waals surface area contributed by atoms with E-state index in [1.165, 1.54) is 5.56 Å². The van der Waals surface area contributed by atoms with Gasteiger partial charge >= 0.3 is 0 Å². The van der Waals surface area contributed by atoms with E-state index in [0.29, 0.717) is 5.69 Å². The van der Waals surface area contributed by atoms with E-state index in [-0.39, 0.29) is 0 Å². The number of anilines is 1. The van der Waals surface area contributed by atoms with Crippen LogP contribution in [0.15, 0.2) is 30.5 Å². The summed E-state index contributed by atoms with van der Waals surface area (Å²) in [5.74, 6) is 0.997.